The number of hydrogen-bond acceptors (Lipinski definition) is 4. The van der Waals surface area contributed by atoms with Crippen LogP contribution < -0.4 is 26.8 Å². The summed E-state index contributed by atoms with van der Waals surface area (Å²) in [5, 5.41) is 16.9. The number of rotatable bonds is 5. The molecule has 0 aliphatic heterocycles. The maximum absolute atomic E-state index is 13.2. The quantitative estimate of drug-likeness (QED) is 0.207. The van der Waals surface area contributed by atoms with Crippen LogP contribution in [0.4, 0.5) is 26.7 Å². The summed E-state index contributed by atoms with van der Waals surface area (Å²) >= 11 is 6.69. The van der Waals surface area contributed by atoms with Gasteiger partial charge in [-0.05, 0) is 68.3 Å². The molecule has 0 radical (unpaired) electrons. The summed E-state index contributed by atoms with van der Waals surface area (Å²) in [7, 11) is 0. The number of aromatic hydroxyl groups is 1. The second kappa shape index (κ2) is 11.3. The number of hydrazine groups is 1. The number of hydrogen-bond donors (Lipinski definition) is 5. The van der Waals surface area contributed by atoms with Gasteiger partial charge >= 0.3 is 12.1 Å². The minimum absolute atomic E-state index is 0.0431. The lowest BCUT2D eigenvalue weighted by Crippen LogP contribution is -2.50. The number of anilines is 3. The van der Waals surface area contributed by atoms with Crippen molar-refractivity contribution in [1.29, 1.82) is 0 Å². The van der Waals surface area contributed by atoms with Gasteiger partial charge in [0, 0.05) is 20.6 Å². The van der Waals surface area contributed by atoms with E-state index in [-0.39, 0.29) is 17.0 Å². The van der Waals surface area contributed by atoms with Gasteiger partial charge in [0.2, 0.25) is 5.91 Å². The van der Waals surface area contributed by atoms with Crippen LogP contribution >= 0.6 is 31.9 Å². The lowest BCUT2D eigenvalue weighted by molar-refractivity contribution is -0.113. The minimum atomic E-state index is -0.763. The normalized spacial score (nSPS) is 10.5. The number of para-hydroxylation sites is 3. The molecular weight excluding hydrogens is 570 g/mol. The molecule has 3 rings (SSSR count). The third kappa shape index (κ3) is 6.36. The average Bonchev–Trinajstić information content (AvgIpc) is 2.80. The summed E-state index contributed by atoms with van der Waals surface area (Å²) in [5.74, 6) is -1.07. The molecule has 34 heavy (non-hydrogen) atoms. The summed E-state index contributed by atoms with van der Waals surface area (Å²) in [4.78, 5) is 37.0. The summed E-state index contributed by atoms with van der Waals surface area (Å²) in [6.45, 7) is 0. The molecule has 0 aromatic heterocycles. The van der Waals surface area contributed by atoms with Gasteiger partial charge in [-0.25, -0.2) is 15.0 Å². The van der Waals surface area contributed by atoms with Gasteiger partial charge in [0.25, 0.3) is 0 Å². The second-order valence-electron chi connectivity index (χ2n) is 6.74. The second-order valence-corrected chi connectivity index (χ2v) is 8.45. The van der Waals surface area contributed by atoms with Gasteiger partial charge in [0.15, 0.2) is 0 Å². The van der Waals surface area contributed by atoms with Crippen molar-refractivity contribution in [2.24, 2.45) is 5.73 Å². The number of phenols is 1. The zero-order chi connectivity index (χ0) is 24.7. The Morgan fingerprint density at radius 1 is 0.853 bits per heavy atom. The largest absolute Gasteiger partial charge is 0.505 e. The monoisotopic (exact) mass is 587 g/mol. The van der Waals surface area contributed by atoms with Crippen molar-refractivity contribution in [3.63, 3.8) is 0 Å². The Bertz CT molecular complexity index is 1270. The van der Waals surface area contributed by atoms with E-state index in [9.17, 15) is 19.5 Å². The van der Waals surface area contributed by atoms with Crippen LogP contribution in [-0.2, 0) is 4.79 Å². The summed E-state index contributed by atoms with van der Waals surface area (Å²) in [6, 6.07) is 16.8. The number of amides is 5. The number of benzene rings is 3. The number of primary amides is 1. The van der Waals surface area contributed by atoms with Gasteiger partial charge in [-0.3, -0.25) is 4.79 Å². The number of nitrogens with two attached hydrogens (primary N) is 1. The van der Waals surface area contributed by atoms with Crippen LogP contribution in [-0.4, -0.2) is 23.1 Å². The Balaban J connectivity index is 1.95. The third-order valence-corrected chi connectivity index (χ3v) is 5.75. The summed E-state index contributed by atoms with van der Waals surface area (Å²) < 4.78 is 1.25. The predicted molar refractivity (Wildman–Crippen MR) is 138 cm³/mol. The van der Waals surface area contributed by atoms with Crippen molar-refractivity contribution in [2.75, 3.05) is 15.6 Å². The van der Waals surface area contributed by atoms with Crippen LogP contribution in [0.3, 0.4) is 0 Å². The fraction of sp³-hybridized carbons (Fsp3) is 0. The molecule has 174 valence electrons. The number of nitrogens with zero attached hydrogens (tertiary/aromatic N) is 1. The Morgan fingerprint density at radius 2 is 1.44 bits per heavy atom. The molecule has 11 heteroatoms. The van der Waals surface area contributed by atoms with Crippen molar-refractivity contribution < 1.29 is 19.5 Å². The molecule has 0 atom stereocenters. The molecule has 0 spiro atoms. The number of phenolic OH excluding ortho intramolecular Hbond substituents is 1. The Hall–Kier alpha value is -3.83. The Morgan fingerprint density at radius 3 is 2.03 bits per heavy atom. The van der Waals surface area contributed by atoms with Gasteiger partial charge in [0.1, 0.15) is 11.4 Å². The fourth-order valence-corrected chi connectivity index (χ4v) is 3.57. The van der Waals surface area contributed by atoms with E-state index in [1.165, 1.54) is 18.2 Å². The van der Waals surface area contributed by atoms with Crippen molar-refractivity contribution in [2.45, 2.75) is 0 Å². The molecule has 0 bridgehead atoms. The Kier molecular flexibility index (Phi) is 8.28. The first-order valence-electron chi connectivity index (χ1n) is 9.73. The highest BCUT2D eigenvalue weighted by Gasteiger charge is 2.23. The van der Waals surface area contributed by atoms with Gasteiger partial charge in [-0.2, -0.15) is 5.01 Å². The van der Waals surface area contributed by atoms with Crippen molar-refractivity contribution in [1.82, 2.24) is 5.43 Å². The first kappa shape index (κ1) is 24.8. The SMILES string of the molecule is NC(=O)/C=C/c1cccc(N(NC(=O)Nc2ccccc2Br)C(=O)Nc2ccccc2Br)c1O. The lowest BCUT2D eigenvalue weighted by atomic mass is 10.1. The van der Waals surface area contributed by atoms with Crippen molar-refractivity contribution >= 4 is 73.0 Å². The first-order valence-corrected chi connectivity index (χ1v) is 11.3. The highest BCUT2D eigenvalue weighted by Crippen LogP contribution is 2.32. The van der Waals surface area contributed by atoms with E-state index in [2.05, 4.69) is 47.9 Å². The van der Waals surface area contributed by atoms with Crippen molar-refractivity contribution in [3.8, 4) is 5.75 Å². The zero-order valence-corrected chi connectivity index (χ0v) is 20.6. The van der Waals surface area contributed by atoms with E-state index >= 15 is 0 Å². The molecule has 0 fully saturated rings. The summed E-state index contributed by atoms with van der Waals surface area (Å²) in [5.41, 5.74) is 8.65. The van der Waals surface area contributed by atoms with Gasteiger partial charge < -0.3 is 21.5 Å². The van der Waals surface area contributed by atoms with Crippen molar-refractivity contribution in [3.05, 3.63) is 87.3 Å². The molecule has 0 aliphatic carbocycles. The molecule has 0 saturated heterocycles. The minimum Gasteiger partial charge on any atom is -0.505 e. The van der Waals surface area contributed by atoms with Gasteiger partial charge in [0.05, 0.1) is 11.4 Å². The maximum Gasteiger partial charge on any atom is 0.345 e. The summed E-state index contributed by atoms with van der Waals surface area (Å²) in [6.07, 6.45) is 2.36. The van der Waals surface area contributed by atoms with Crippen LogP contribution in [0.25, 0.3) is 6.08 Å². The third-order valence-electron chi connectivity index (χ3n) is 4.37. The smallest absolute Gasteiger partial charge is 0.345 e. The van der Waals surface area contributed by atoms with E-state index < -0.39 is 18.0 Å². The number of halogens is 2. The number of nitrogens with one attached hydrogen (secondary N) is 3. The molecule has 5 amide bonds. The molecule has 9 nitrogen and oxygen atoms in total. The maximum atomic E-state index is 13.2. The van der Waals surface area contributed by atoms with Gasteiger partial charge in [-0.15, -0.1) is 0 Å². The van der Waals surface area contributed by atoms with E-state index in [0.717, 1.165) is 11.1 Å². The van der Waals surface area contributed by atoms with Crippen LogP contribution in [0.5, 0.6) is 5.75 Å². The molecule has 3 aromatic carbocycles. The van der Waals surface area contributed by atoms with Crippen LogP contribution in [0.2, 0.25) is 0 Å². The topological polar surface area (TPSA) is 137 Å². The van der Waals surface area contributed by atoms with E-state index in [1.54, 1.807) is 54.6 Å². The molecule has 0 aliphatic rings. The van der Waals surface area contributed by atoms with E-state index in [1.807, 2.05) is 0 Å². The van der Waals surface area contributed by atoms with Crippen LogP contribution in [0.1, 0.15) is 5.56 Å². The van der Waals surface area contributed by atoms with E-state index in [0.29, 0.717) is 20.3 Å². The predicted octanol–water partition coefficient (Wildman–Crippen LogP) is 5.19. The van der Waals surface area contributed by atoms with Gasteiger partial charge in [-0.1, -0.05) is 36.4 Å². The number of carbonyl (C=O) groups excluding carboxylic acids is 3. The number of carbonyl (C=O) groups is 3. The zero-order valence-electron chi connectivity index (χ0n) is 17.5. The molecule has 6 N–H and O–H groups in total. The molecule has 3 aromatic rings. The standard InChI is InChI=1S/C23H19Br2N5O4/c24-15-7-1-3-9-17(15)27-22(33)29-30(23(34)28-18-10-4-2-8-16(18)25)19-11-5-6-14(21(19)32)12-13-20(26)31/h1-13,32H,(H2,26,31)(H,28,34)(H2,27,29,33)/b13-12+. The Labute approximate surface area is 211 Å². The van der Waals surface area contributed by atoms with Crippen LogP contribution in [0.15, 0.2) is 81.8 Å². The first-order chi connectivity index (χ1) is 16.3. The number of urea groups is 2. The highest BCUT2D eigenvalue weighted by molar-refractivity contribution is 9.11. The molecule has 0 heterocycles. The molecule has 0 saturated carbocycles. The highest BCUT2D eigenvalue weighted by atomic mass is 79.9. The molecular formula is C23H19Br2N5O4. The fourth-order valence-electron chi connectivity index (χ4n) is 2.80. The van der Waals surface area contributed by atoms with Crippen LogP contribution in [0, 0.1) is 0 Å². The molecule has 0 unspecified atom stereocenters. The average molecular weight is 589 g/mol. The van der Waals surface area contributed by atoms with E-state index in [4.69, 9.17) is 5.73 Å². The lowest BCUT2D eigenvalue weighted by Gasteiger charge is -2.25.